The molecule has 2 saturated heterocycles. The molecule has 3 atom stereocenters. The van der Waals surface area contributed by atoms with E-state index in [2.05, 4.69) is 17.1 Å². The summed E-state index contributed by atoms with van der Waals surface area (Å²) in [6.07, 6.45) is 0. The predicted molar refractivity (Wildman–Crippen MR) is 78.0 cm³/mol. The van der Waals surface area contributed by atoms with E-state index in [4.69, 9.17) is 0 Å². The SMILES string of the molecule is CC1C2CNCC2CN1CCSc1ccccc1F. The van der Waals surface area contributed by atoms with Gasteiger partial charge >= 0.3 is 0 Å². The molecule has 0 spiro atoms. The molecule has 1 aromatic rings. The largest absolute Gasteiger partial charge is 0.316 e. The summed E-state index contributed by atoms with van der Waals surface area (Å²) in [6, 6.07) is 7.72. The molecule has 0 aromatic heterocycles. The highest BCUT2D eigenvalue weighted by atomic mass is 32.2. The predicted octanol–water partition coefficient (Wildman–Crippen LogP) is 2.46. The van der Waals surface area contributed by atoms with Gasteiger partial charge in [-0.1, -0.05) is 12.1 Å². The molecule has 3 rings (SSSR count). The summed E-state index contributed by atoms with van der Waals surface area (Å²) in [5.41, 5.74) is 0. The Balaban J connectivity index is 1.50. The molecule has 0 bridgehead atoms. The van der Waals surface area contributed by atoms with Crippen LogP contribution >= 0.6 is 11.8 Å². The minimum absolute atomic E-state index is 0.0944. The van der Waals surface area contributed by atoms with Gasteiger partial charge in [0.1, 0.15) is 5.82 Å². The van der Waals surface area contributed by atoms with E-state index in [1.54, 1.807) is 17.8 Å². The van der Waals surface area contributed by atoms with Crippen LogP contribution in [0, 0.1) is 17.7 Å². The van der Waals surface area contributed by atoms with Crippen LogP contribution in [0.15, 0.2) is 29.2 Å². The van der Waals surface area contributed by atoms with E-state index in [-0.39, 0.29) is 5.82 Å². The molecule has 1 aromatic carbocycles. The molecule has 0 radical (unpaired) electrons. The lowest BCUT2D eigenvalue weighted by molar-refractivity contribution is 0.254. The highest BCUT2D eigenvalue weighted by Gasteiger charge is 2.41. The van der Waals surface area contributed by atoms with Gasteiger partial charge in [0.2, 0.25) is 0 Å². The summed E-state index contributed by atoms with van der Waals surface area (Å²) in [7, 11) is 0. The Morgan fingerprint density at radius 2 is 2.21 bits per heavy atom. The Morgan fingerprint density at radius 1 is 1.37 bits per heavy atom. The van der Waals surface area contributed by atoms with E-state index >= 15 is 0 Å². The summed E-state index contributed by atoms with van der Waals surface area (Å²) in [5.74, 6) is 2.52. The molecule has 2 heterocycles. The number of halogens is 1. The zero-order chi connectivity index (χ0) is 13.2. The van der Waals surface area contributed by atoms with E-state index < -0.39 is 0 Å². The van der Waals surface area contributed by atoms with Crippen molar-refractivity contribution in [3.05, 3.63) is 30.1 Å². The van der Waals surface area contributed by atoms with Crippen molar-refractivity contribution in [3.8, 4) is 0 Å². The van der Waals surface area contributed by atoms with Gasteiger partial charge in [0, 0.05) is 29.8 Å². The third kappa shape index (κ3) is 2.81. The lowest BCUT2D eigenvalue weighted by atomic mass is 9.95. The first-order valence-electron chi connectivity index (χ1n) is 7.08. The molecule has 2 aliphatic heterocycles. The Kier molecular flexibility index (Phi) is 4.10. The van der Waals surface area contributed by atoms with Crippen LogP contribution in [0.25, 0.3) is 0 Å². The monoisotopic (exact) mass is 280 g/mol. The van der Waals surface area contributed by atoms with Gasteiger partial charge in [-0.3, -0.25) is 4.90 Å². The van der Waals surface area contributed by atoms with E-state index in [1.807, 2.05) is 12.1 Å². The third-order valence-corrected chi connectivity index (χ3v) is 5.56. The molecule has 0 saturated carbocycles. The Bertz CT molecular complexity index is 440. The van der Waals surface area contributed by atoms with Crippen LogP contribution in [0.1, 0.15) is 6.92 Å². The van der Waals surface area contributed by atoms with Gasteiger partial charge in [-0.25, -0.2) is 4.39 Å². The molecule has 2 nitrogen and oxygen atoms in total. The first kappa shape index (κ1) is 13.4. The van der Waals surface area contributed by atoms with Crippen molar-refractivity contribution in [3.63, 3.8) is 0 Å². The molecular formula is C15H21FN2S. The van der Waals surface area contributed by atoms with E-state index in [9.17, 15) is 4.39 Å². The van der Waals surface area contributed by atoms with Crippen molar-refractivity contribution in [2.75, 3.05) is 31.9 Å². The Labute approximate surface area is 118 Å². The van der Waals surface area contributed by atoms with Gasteiger partial charge in [0.15, 0.2) is 0 Å². The van der Waals surface area contributed by atoms with Crippen LogP contribution in [0.2, 0.25) is 0 Å². The normalized spacial score (nSPS) is 30.7. The first-order chi connectivity index (χ1) is 9.25. The molecule has 19 heavy (non-hydrogen) atoms. The number of nitrogens with zero attached hydrogens (tertiary/aromatic N) is 1. The van der Waals surface area contributed by atoms with Gasteiger partial charge in [-0.2, -0.15) is 0 Å². The third-order valence-electron chi connectivity index (χ3n) is 4.53. The number of thioether (sulfide) groups is 1. The van der Waals surface area contributed by atoms with Gasteiger partial charge in [0.25, 0.3) is 0 Å². The van der Waals surface area contributed by atoms with Crippen LogP contribution in [-0.2, 0) is 0 Å². The quantitative estimate of drug-likeness (QED) is 0.853. The van der Waals surface area contributed by atoms with Crippen molar-refractivity contribution >= 4 is 11.8 Å². The van der Waals surface area contributed by atoms with Gasteiger partial charge in [-0.05, 0) is 44.0 Å². The number of nitrogens with one attached hydrogen (secondary N) is 1. The first-order valence-corrected chi connectivity index (χ1v) is 8.06. The number of fused-ring (bicyclic) bond motifs is 1. The topological polar surface area (TPSA) is 15.3 Å². The Hall–Kier alpha value is -0.580. The number of hydrogen-bond donors (Lipinski definition) is 1. The van der Waals surface area contributed by atoms with Crippen molar-refractivity contribution in [1.82, 2.24) is 10.2 Å². The van der Waals surface area contributed by atoms with Gasteiger partial charge in [-0.15, -0.1) is 11.8 Å². The summed E-state index contributed by atoms with van der Waals surface area (Å²) < 4.78 is 13.5. The van der Waals surface area contributed by atoms with Crippen molar-refractivity contribution in [2.45, 2.75) is 17.9 Å². The lowest BCUT2D eigenvalue weighted by Gasteiger charge is -2.23. The summed E-state index contributed by atoms with van der Waals surface area (Å²) in [4.78, 5) is 3.35. The lowest BCUT2D eigenvalue weighted by Crippen LogP contribution is -2.34. The average molecular weight is 280 g/mol. The van der Waals surface area contributed by atoms with Crippen molar-refractivity contribution in [1.29, 1.82) is 0 Å². The Morgan fingerprint density at radius 3 is 3.00 bits per heavy atom. The van der Waals surface area contributed by atoms with E-state index in [0.29, 0.717) is 6.04 Å². The second kappa shape index (κ2) is 5.81. The van der Waals surface area contributed by atoms with E-state index in [0.717, 1.165) is 29.0 Å². The molecule has 2 aliphatic rings. The fraction of sp³-hybridized carbons (Fsp3) is 0.600. The van der Waals surface area contributed by atoms with Crippen LogP contribution < -0.4 is 5.32 Å². The fourth-order valence-corrected chi connectivity index (χ4v) is 4.31. The molecule has 2 fully saturated rings. The second-order valence-corrected chi connectivity index (χ2v) is 6.73. The molecule has 1 N–H and O–H groups in total. The summed E-state index contributed by atoms with van der Waals surface area (Å²) >= 11 is 1.63. The maximum Gasteiger partial charge on any atom is 0.136 e. The second-order valence-electron chi connectivity index (χ2n) is 5.60. The smallest absolute Gasteiger partial charge is 0.136 e. The molecule has 4 heteroatoms. The number of likely N-dealkylation sites (tertiary alicyclic amines) is 1. The average Bonchev–Trinajstić information content (AvgIpc) is 2.96. The highest BCUT2D eigenvalue weighted by Crippen LogP contribution is 2.32. The maximum absolute atomic E-state index is 13.5. The molecule has 0 aliphatic carbocycles. The molecule has 104 valence electrons. The molecular weight excluding hydrogens is 259 g/mol. The van der Waals surface area contributed by atoms with E-state index in [1.165, 1.54) is 25.7 Å². The standard InChI is InChI=1S/C15H21FN2S/c1-11-13-9-17-8-12(13)10-18(11)6-7-19-15-5-3-2-4-14(15)16/h2-5,11-13,17H,6-10H2,1H3. The fourth-order valence-electron chi connectivity index (χ4n) is 3.39. The minimum atomic E-state index is -0.0944. The molecule has 3 unspecified atom stereocenters. The maximum atomic E-state index is 13.5. The highest BCUT2D eigenvalue weighted by molar-refractivity contribution is 7.99. The number of benzene rings is 1. The molecule has 0 amide bonds. The zero-order valence-corrected chi connectivity index (χ0v) is 12.1. The van der Waals surface area contributed by atoms with Crippen LogP contribution in [-0.4, -0.2) is 42.9 Å². The van der Waals surface area contributed by atoms with Gasteiger partial charge in [0.05, 0.1) is 0 Å². The summed E-state index contributed by atoms with van der Waals surface area (Å²) in [5, 5.41) is 3.48. The number of hydrogen-bond acceptors (Lipinski definition) is 3. The minimum Gasteiger partial charge on any atom is -0.316 e. The van der Waals surface area contributed by atoms with Crippen molar-refractivity contribution in [2.24, 2.45) is 11.8 Å². The zero-order valence-electron chi connectivity index (χ0n) is 11.3. The van der Waals surface area contributed by atoms with Crippen LogP contribution in [0.5, 0.6) is 0 Å². The van der Waals surface area contributed by atoms with Crippen molar-refractivity contribution < 1.29 is 4.39 Å². The van der Waals surface area contributed by atoms with Crippen LogP contribution in [0.3, 0.4) is 0 Å². The van der Waals surface area contributed by atoms with Crippen LogP contribution in [0.4, 0.5) is 4.39 Å². The summed E-state index contributed by atoms with van der Waals surface area (Å²) in [6.45, 7) is 6.95. The van der Waals surface area contributed by atoms with Gasteiger partial charge < -0.3 is 5.32 Å². The number of rotatable bonds is 4.